The molecule has 2 rings (SSSR count). The van der Waals surface area contributed by atoms with Crippen LogP contribution in [0.3, 0.4) is 0 Å². The third kappa shape index (κ3) is 2.76. The van der Waals surface area contributed by atoms with Gasteiger partial charge in [0.15, 0.2) is 0 Å². The lowest BCUT2D eigenvalue weighted by Gasteiger charge is -2.41. The smallest absolute Gasteiger partial charge is 0.235 e. The first-order valence-corrected chi connectivity index (χ1v) is 6.91. The molecule has 0 atom stereocenters. The van der Waals surface area contributed by atoms with E-state index in [1.54, 1.807) is 17.3 Å². The summed E-state index contributed by atoms with van der Waals surface area (Å²) >= 11 is 5.08. The summed E-state index contributed by atoms with van der Waals surface area (Å²) in [5, 5.41) is 0. The van der Waals surface area contributed by atoms with Gasteiger partial charge >= 0.3 is 0 Å². The summed E-state index contributed by atoms with van der Waals surface area (Å²) in [6.45, 7) is 0.674. The molecule has 102 valence electrons. The number of amides is 1. The van der Waals surface area contributed by atoms with Crippen molar-refractivity contribution in [2.75, 3.05) is 13.6 Å². The fourth-order valence-electron chi connectivity index (χ4n) is 2.41. The molecule has 1 fully saturated rings. The van der Waals surface area contributed by atoms with Crippen LogP contribution in [0.1, 0.15) is 24.8 Å². The highest BCUT2D eigenvalue weighted by atomic mass is 32.1. The van der Waals surface area contributed by atoms with E-state index in [9.17, 15) is 4.79 Å². The van der Waals surface area contributed by atoms with Gasteiger partial charge in [-0.25, -0.2) is 0 Å². The highest BCUT2D eigenvalue weighted by Gasteiger charge is 2.48. The zero-order valence-corrected chi connectivity index (χ0v) is 11.9. The molecule has 0 bridgehead atoms. The number of thiocarbonyl (C=S) groups is 1. The Kier molecular flexibility index (Phi) is 4.14. The number of pyridine rings is 1. The maximum atomic E-state index is 12.5. The Labute approximate surface area is 119 Å². The Morgan fingerprint density at radius 2 is 2.11 bits per heavy atom. The average molecular weight is 277 g/mol. The van der Waals surface area contributed by atoms with Gasteiger partial charge in [-0.1, -0.05) is 18.6 Å². The van der Waals surface area contributed by atoms with Crippen LogP contribution in [0.2, 0.25) is 0 Å². The van der Waals surface area contributed by atoms with E-state index in [-0.39, 0.29) is 5.91 Å². The van der Waals surface area contributed by atoms with Gasteiger partial charge in [0.2, 0.25) is 5.91 Å². The third-order valence-electron chi connectivity index (χ3n) is 3.92. The van der Waals surface area contributed by atoms with Crippen molar-refractivity contribution in [3.63, 3.8) is 0 Å². The molecule has 1 aliphatic rings. The van der Waals surface area contributed by atoms with Crippen LogP contribution in [-0.4, -0.2) is 34.4 Å². The van der Waals surface area contributed by atoms with Crippen LogP contribution in [0.5, 0.6) is 0 Å². The van der Waals surface area contributed by atoms with Gasteiger partial charge in [0.25, 0.3) is 0 Å². The van der Waals surface area contributed by atoms with Crippen molar-refractivity contribution < 1.29 is 4.79 Å². The Morgan fingerprint density at radius 3 is 2.58 bits per heavy atom. The van der Waals surface area contributed by atoms with Gasteiger partial charge in [-0.3, -0.25) is 9.78 Å². The molecule has 5 heteroatoms. The van der Waals surface area contributed by atoms with Gasteiger partial charge in [0.05, 0.1) is 10.4 Å². The quantitative estimate of drug-likeness (QED) is 0.829. The molecule has 0 aromatic carbocycles. The molecule has 1 amide bonds. The summed E-state index contributed by atoms with van der Waals surface area (Å²) < 4.78 is 0. The number of aromatic nitrogens is 1. The Balaban J connectivity index is 1.94. The first-order valence-electron chi connectivity index (χ1n) is 6.51. The van der Waals surface area contributed by atoms with Crippen molar-refractivity contribution in [3.05, 3.63) is 30.1 Å². The number of hydrogen-bond donors (Lipinski definition) is 1. The molecular weight excluding hydrogens is 258 g/mol. The number of carbonyl (C=O) groups is 1. The van der Waals surface area contributed by atoms with E-state index in [1.807, 2.05) is 19.2 Å². The van der Waals surface area contributed by atoms with Gasteiger partial charge in [-0.05, 0) is 37.0 Å². The van der Waals surface area contributed by atoms with Crippen molar-refractivity contribution in [2.45, 2.75) is 25.7 Å². The Bertz CT molecular complexity index is 471. The van der Waals surface area contributed by atoms with E-state index in [0.717, 1.165) is 25.7 Å². The summed E-state index contributed by atoms with van der Waals surface area (Å²) in [5.74, 6) is 0.0697. The highest BCUT2D eigenvalue weighted by Crippen LogP contribution is 2.42. The summed E-state index contributed by atoms with van der Waals surface area (Å²) in [4.78, 5) is 18.5. The normalized spacial score (nSPS) is 16.5. The highest BCUT2D eigenvalue weighted by molar-refractivity contribution is 7.80. The lowest BCUT2D eigenvalue weighted by molar-refractivity contribution is -0.140. The van der Waals surface area contributed by atoms with Gasteiger partial charge in [-0.2, -0.15) is 0 Å². The monoisotopic (exact) mass is 277 g/mol. The van der Waals surface area contributed by atoms with E-state index in [2.05, 4.69) is 4.98 Å². The molecule has 1 aliphatic carbocycles. The number of likely N-dealkylation sites (N-methyl/N-ethyl adjacent to an activating group) is 1. The van der Waals surface area contributed by atoms with Gasteiger partial charge in [-0.15, -0.1) is 0 Å². The minimum Gasteiger partial charge on any atom is -0.392 e. The second-order valence-corrected chi connectivity index (χ2v) is 5.57. The Hall–Kier alpha value is -1.49. The maximum Gasteiger partial charge on any atom is 0.235 e. The lowest BCUT2D eigenvalue weighted by atomic mass is 9.67. The standard InChI is InChI=1S/C14H19N3OS/c1-17(10-5-11-3-8-16-9-4-11)13(18)14(12(15)19)6-2-7-14/h3-4,8-9H,2,5-7,10H2,1H3,(H2,15,19). The molecule has 0 aliphatic heterocycles. The molecule has 1 saturated carbocycles. The topological polar surface area (TPSA) is 59.2 Å². The molecular formula is C14H19N3OS. The number of nitrogens with two attached hydrogens (primary N) is 1. The van der Waals surface area contributed by atoms with Crippen LogP contribution >= 0.6 is 12.2 Å². The number of hydrogen-bond acceptors (Lipinski definition) is 3. The summed E-state index contributed by atoms with van der Waals surface area (Å²) in [6.07, 6.45) is 6.96. The minimum absolute atomic E-state index is 0.0697. The number of carbonyl (C=O) groups excluding carboxylic acids is 1. The lowest BCUT2D eigenvalue weighted by Crippen LogP contribution is -2.53. The van der Waals surface area contributed by atoms with E-state index in [1.165, 1.54) is 5.56 Å². The third-order valence-corrected chi connectivity index (χ3v) is 4.31. The molecule has 1 heterocycles. The molecule has 4 nitrogen and oxygen atoms in total. The summed E-state index contributed by atoms with van der Waals surface area (Å²) in [5.41, 5.74) is 6.36. The molecule has 0 spiro atoms. The first kappa shape index (κ1) is 13.9. The van der Waals surface area contributed by atoms with Crippen LogP contribution in [0.15, 0.2) is 24.5 Å². The predicted octanol–water partition coefficient (Wildman–Crippen LogP) is 1.54. The average Bonchev–Trinajstić information content (AvgIpc) is 2.35. The molecule has 0 saturated heterocycles. The largest absolute Gasteiger partial charge is 0.392 e. The van der Waals surface area contributed by atoms with Crippen molar-refractivity contribution in [3.8, 4) is 0 Å². The molecule has 0 unspecified atom stereocenters. The SMILES string of the molecule is CN(CCc1ccncc1)C(=O)C1(C(N)=S)CCC1. The van der Waals surface area contributed by atoms with Crippen LogP contribution < -0.4 is 5.73 Å². The second-order valence-electron chi connectivity index (χ2n) is 5.13. The fraction of sp³-hybridized carbons (Fsp3) is 0.500. The number of nitrogens with zero attached hydrogens (tertiary/aromatic N) is 2. The number of rotatable bonds is 5. The van der Waals surface area contributed by atoms with Crippen LogP contribution in [0.25, 0.3) is 0 Å². The molecule has 1 aromatic heterocycles. The van der Waals surface area contributed by atoms with Crippen molar-refractivity contribution in [2.24, 2.45) is 11.1 Å². The van der Waals surface area contributed by atoms with E-state index in [4.69, 9.17) is 18.0 Å². The summed E-state index contributed by atoms with van der Waals surface area (Å²) in [7, 11) is 1.82. The molecule has 0 radical (unpaired) electrons. The maximum absolute atomic E-state index is 12.5. The molecule has 2 N–H and O–H groups in total. The fourth-order valence-corrected chi connectivity index (χ4v) is 2.70. The van der Waals surface area contributed by atoms with Crippen LogP contribution in [0, 0.1) is 5.41 Å². The first-order chi connectivity index (χ1) is 9.06. The van der Waals surface area contributed by atoms with Crippen molar-refractivity contribution >= 4 is 23.1 Å². The van der Waals surface area contributed by atoms with Crippen LogP contribution in [0.4, 0.5) is 0 Å². The zero-order valence-electron chi connectivity index (χ0n) is 11.1. The summed E-state index contributed by atoms with van der Waals surface area (Å²) in [6, 6.07) is 3.93. The van der Waals surface area contributed by atoms with Crippen LogP contribution in [-0.2, 0) is 11.2 Å². The Morgan fingerprint density at radius 1 is 1.47 bits per heavy atom. The van der Waals surface area contributed by atoms with Crippen molar-refractivity contribution in [1.82, 2.24) is 9.88 Å². The predicted molar refractivity (Wildman–Crippen MR) is 78.6 cm³/mol. The van der Waals surface area contributed by atoms with Crippen molar-refractivity contribution in [1.29, 1.82) is 0 Å². The van der Waals surface area contributed by atoms with E-state index in [0.29, 0.717) is 11.5 Å². The van der Waals surface area contributed by atoms with Gasteiger partial charge < -0.3 is 10.6 Å². The van der Waals surface area contributed by atoms with E-state index >= 15 is 0 Å². The molecule has 1 aromatic rings. The second kappa shape index (κ2) is 5.65. The zero-order chi connectivity index (χ0) is 13.9. The minimum atomic E-state index is -0.567. The van der Waals surface area contributed by atoms with Gasteiger partial charge in [0.1, 0.15) is 0 Å². The van der Waals surface area contributed by atoms with Gasteiger partial charge in [0, 0.05) is 26.0 Å². The molecule has 19 heavy (non-hydrogen) atoms. The van der Waals surface area contributed by atoms with E-state index < -0.39 is 5.41 Å².